The summed E-state index contributed by atoms with van der Waals surface area (Å²) in [5.41, 5.74) is 8.59. The number of anilines is 1. The van der Waals surface area contributed by atoms with Gasteiger partial charge in [0.2, 0.25) is 0 Å². The predicted octanol–water partition coefficient (Wildman–Crippen LogP) is 2.25. The summed E-state index contributed by atoms with van der Waals surface area (Å²) in [5, 5.41) is 0. The predicted molar refractivity (Wildman–Crippen MR) is 78.7 cm³/mol. The van der Waals surface area contributed by atoms with Crippen LogP contribution in [0.5, 0.6) is 6.01 Å². The zero-order valence-electron chi connectivity index (χ0n) is 12.9. The molecule has 0 aliphatic carbocycles. The molecule has 0 aliphatic heterocycles. The molecular weight excluding hydrogens is 240 g/mol. The first-order chi connectivity index (χ1) is 8.82. The maximum atomic E-state index is 6.14. The Labute approximate surface area is 116 Å². The Balaban J connectivity index is 2.98. The van der Waals surface area contributed by atoms with E-state index in [0.29, 0.717) is 18.3 Å². The van der Waals surface area contributed by atoms with E-state index in [1.807, 2.05) is 14.1 Å². The van der Waals surface area contributed by atoms with Crippen LogP contribution >= 0.6 is 0 Å². The SMILES string of the molecule is CC(C)c1nc(OCCN(C)C)nc(C(C)C)c1N. The highest BCUT2D eigenvalue weighted by Crippen LogP contribution is 2.28. The number of nitrogens with two attached hydrogens (primary N) is 1. The largest absolute Gasteiger partial charge is 0.462 e. The highest BCUT2D eigenvalue weighted by molar-refractivity contribution is 5.50. The molecule has 5 nitrogen and oxygen atoms in total. The van der Waals surface area contributed by atoms with Crippen LogP contribution in [0.4, 0.5) is 5.69 Å². The minimum absolute atomic E-state index is 0.261. The topological polar surface area (TPSA) is 64.3 Å². The van der Waals surface area contributed by atoms with Gasteiger partial charge in [0.05, 0.1) is 17.1 Å². The van der Waals surface area contributed by atoms with Crippen molar-refractivity contribution in [2.75, 3.05) is 33.0 Å². The molecule has 0 saturated carbocycles. The molecule has 1 aromatic heterocycles. The van der Waals surface area contributed by atoms with Gasteiger partial charge in [0.1, 0.15) is 6.61 Å². The molecule has 0 spiro atoms. The highest BCUT2D eigenvalue weighted by atomic mass is 16.5. The Morgan fingerprint density at radius 1 is 1.05 bits per heavy atom. The maximum absolute atomic E-state index is 6.14. The molecule has 19 heavy (non-hydrogen) atoms. The van der Waals surface area contributed by atoms with Gasteiger partial charge in [-0.1, -0.05) is 27.7 Å². The van der Waals surface area contributed by atoms with E-state index in [2.05, 4.69) is 42.6 Å². The highest BCUT2D eigenvalue weighted by Gasteiger charge is 2.17. The zero-order valence-corrected chi connectivity index (χ0v) is 12.9. The second-order valence-electron chi connectivity index (χ2n) is 5.65. The first-order valence-corrected chi connectivity index (χ1v) is 6.77. The fraction of sp³-hybridized carbons (Fsp3) is 0.714. The van der Waals surface area contributed by atoms with Gasteiger partial charge in [-0.2, -0.15) is 9.97 Å². The van der Waals surface area contributed by atoms with Crippen LogP contribution < -0.4 is 10.5 Å². The van der Waals surface area contributed by atoms with Crippen LogP contribution in [0.15, 0.2) is 0 Å². The molecule has 0 saturated heterocycles. The molecule has 1 heterocycles. The smallest absolute Gasteiger partial charge is 0.317 e. The lowest BCUT2D eigenvalue weighted by molar-refractivity contribution is 0.244. The van der Waals surface area contributed by atoms with Crippen LogP contribution in [0.3, 0.4) is 0 Å². The first kappa shape index (κ1) is 15.7. The minimum atomic E-state index is 0.261. The molecule has 0 aromatic carbocycles. The van der Waals surface area contributed by atoms with Crippen molar-refractivity contribution in [1.29, 1.82) is 0 Å². The quantitative estimate of drug-likeness (QED) is 0.855. The molecule has 1 rings (SSSR count). The molecule has 108 valence electrons. The molecule has 2 N–H and O–H groups in total. The van der Waals surface area contributed by atoms with Crippen molar-refractivity contribution in [1.82, 2.24) is 14.9 Å². The molecule has 1 aromatic rings. The van der Waals surface area contributed by atoms with E-state index in [4.69, 9.17) is 10.5 Å². The molecule has 0 bridgehead atoms. The molecule has 0 atom stereocenters. The number of likely N-dealkylation sites (N-methyl/N-ethyl adjacent to an activating group) is 1. The number of rotatable bonds is 6. The normalized spacial score (nSPS) is 11.6. The van der Waals surface area contributed by atoms with Crippen LogP contribution in [-0.2, 0) is 0 Å². The van der Waals surface area contributed by atoms with Crippen LogP contribution in [-0.4, -0.2) is 42.1 Å². The Bertz CT molecular complexity index is 387. The third-order valence-corrected chi connectivity index (χ3v) is 2.85. The van der Waals surface area contributed by atoms with E-state index >= 15 is 0 Å². The number of nitrogens with zero attached hydrogens (tertiary/aromatic N) is 3. The van der Waals surface area contributed by atoms with Crippen LogP contribution in [0.2, 0.25) is 0 Å². The number of nitrogen functional groups attached to an aromatic ring is 1. The van der Waals surface area contributed by atoms with Gasteiger partial charge in [0.25, 0.3) is 0 Å². The van der Waals surface area contributed by atoms with Crippen LogP contribution in [0.25, 0.3) is 0 Å². The average Bonchev–Trinajstić information content (AvgIpc) is 2.29. The minimum Gasteiger partial charge on any atom is -0.462 e. The van der Waals surface area contributed by atoms with E-state index < -0.39 is 0 Å². The molecule has 0 amide bonds. The van der Waals surface area contributed by atoms with E-state index in [9.17, 15) is 0 Å². The van der Waals surface area contributed by atoms with Gasteiger partial charge in [-0.3, -0.25) is 0 Å². The van der Waals surface area contributed by atoms with Crippen molar-refractivity contribution in [3.63, 3.8) is 0 Å². The van der Waals surface area contributed by atoms with Crippen molar-refractivity contribution in [3.8, 4) is 6.01 Å². The number of hydrogen-bond acceptors (Lipinski definition) is 5. The third kappa shape index (κ3) is 4.35. The average molecular weight is 266 g/mol. The number of aromatic nitrogens is 2. The molecule has 0 unspecified atom stereocenters. The summed E-state index contributed by atoms with van der Waals surface area (Å²) in [5.74, 6) is 0.522. The van der Waals surface area contributed by atoms with Gasteiger partial charge in [-0.15, -0.1) is 0 Å². The summed E-state index contributed by atoms with van der Waals surface area (Å²) in [4.78, 5) is 10.9. The molecule has 0 aliphatic rings. The van der Waals surface area contributed by atoms with E-state index in [-0.39, 0.29) is 11.8 Å². The summed E-state index contributed by atoms with van der Waals surface area (Å²) < 4.78 is 5.63. The zero-order chi connectivity index (χ0) is 14.6. The third-order valence-electron chi connectivity index (χ3n) is 2.85. The van der Waals surface area contributed by atoms with E-state index in [1.54, 1.807) is 0 Å². The molecular formula is C14H26N4O. The Morgan fingerprint density at radius 3 is 1.89 bits per heavy atom. The lowest BCUT2D eigenvalue weighted by Gasteiger charge is -2.17. The lowest BCUT2D eigenvalue weighted by Crippen LogP contribution is -2.20. The fourth-order valence-corrected chi connectivity index (χ4v) is 1.75. The fourth-order valence-electron chi connectivity index (χ4n) is 1.75. The monoisotopic (exact) mass is 266 g/mol. The Kier molecular flexibility index (Phi) is 5.54. The summed E-state index contributed by atoms with van der Waals surface area (Å²) >= 11 is 0. The maximum Gasteiger partial charge on any atom is 0.317 e. The lowest BCUT2D eigenvalue weighted by atomic mass is 10.0. The van der Waals surface area contributed by atoms with Gasteiger partial charge in [-0.25, -0.2) is 0 Å². The van der Waals surface area contributed by atoms with Crippen molar-refractivity contribution < 1.29 is 4.74 Å². The summed E-state index contributed by atoms with van der Waals surface area (Å²) in [6, 6.07) is 0.434. The van der Waals surface area contributed by atoms with Gasteiger partial charge in [0.15, 0.2) is 0 Å². The summed E-state index contributed by atoms with van der Waals surface area (Å²) in [7, 11) is 4.01. The van der Waals surface area contributed by atoms with Crippen LogP contribution in [0.1, 0.15) is 50.9 Å². The molecule has 0 fully saturated rings. The van der Waals surface area contributed by atoms with Crippen molar-refractivity contribution in [2.24, 2.45) is 0 Å². The second-order valence-corrected chi connectivity index (χ2v) is 5.65. The first-order valence-electron chi connectivity index (χ1n) is 6.77. The van der Waals surface area contributed by atoms with Gasteiger partial charge >= 0.3 is 6.01 Å². The Morgan fingerprint density at radius 2 is 1.53 bits per heavy atom. The molecule has 5 heteroatoms. The van der Waals surface area contributed by atoms with Crippen LogP contribution in [0, 0.1) is 0 Å². The number of ether oxygens (including phenoxy) is 1. The summed E-state index contributed by atoms with van der Waals surface area (Å²) in [6.07, 6.45) is 0. The van der Waals surface area contributed by atoms with Crippen molar-refractivity contribution >= 4 is 5.69 Å². The Hall–Kier alpha value is -1.36. The van der Waals surface area contributed by atoms with E-state index in [0.717, 1.165) is 17.9 Å². The summed E-state index contributed by atoms with van der Waals surface area (Å²) in [6.45, 7) is 9.71. The van der Waals surface area contributed by atoms with Gasteiger partial charge in [0, 0.05) is 6.54 Å². The number of hydrogen-bond donors (Lipinski definition) is 1. The van der Waals surface area contributed by atoms with E-state index in [1.165, 1.54) is 0 Å². The van der Waals surface area contributed by atoms with Crippen molar-refractivity contribution in [2.45, 2.75) is 39.5 Å². The van der Waals surface area contributed by atoms with Crippen molar-refractivity contribution in [3.05, 3.63) is 11.4 Å². The standard InChI is InChI=1S/C14H26N4O/c1-9(2)12-11(15)13(10(3)4)17-14(16-12)19-8-7-18(5)6/h9-10H,7-8,15H2,1-6H3. The molecule has 0 radical (unpaired) electrons. The van der Waals surface area contributed by atoms with Gasteiger partial charge < -0.3 is 15.4 Å². The van der Waals surface area contributed by atoms with Gasteiger partial charge in [-0.05, 0) is 25.9 Å². The second kappa shape index (κ2) is 6.70.